The summed E-state index contributed by atoms with van der Waals surface area (Å²) in [6, 6.07) is 5.85. The predicted octanol–water partition coefficient (Wildman–Crippen LogP) is 1.83. The summed E-state index contributed by atoms with van der Waals surface area (Å²) in [6.07, 6.45) is 13.1. The lowest BCUT2D eigenvalue weighted by Crippen LogP contribution is -1.86. The Balaban J connectivity index is 0.000000671. The van der Waals surface area contributed by atoms with Crippen molar-refractivity contribution in [1.29, 1.82) is 0 Å². The quantitative estimate of drug-likeness (QED) is 0.369. The van der Waals surface area contributed by atoms with Crippen molar-refractivity contribution in [3.05, 3.63) is 39.9 Å². The molecule has 0 unspecified atom stereocenters. The number of nitrogens with zero attached hydrogens (tertiary/aromatic N) is 1. The first kappa shape index (κ1) is 10.7. The maximum absolute atomic E-state index is 10.2. The Kier molecular flexibility index (Phi) is 4.46. The largest absolute Gasteiger partial charge is 0.269 e. The van der Waals surface area contributed by atoms with Crippen LogP contribution >= 0.6 is 0 Å². The van der Waals surface area contributed by atoms with Crippen molar-refractivity contribution in [3.63, 3.8) is 0 Å². The first-order chi connectivity index (χ1) is 6.24. The number of rotatable bonds is 1. The lowest BCUT2D eigenvalue weighted by Gasteiger charge is -1.89. The van der Waals surface area contributed by atoms with Crippen LogP contribution in [0.15, 0.2) is 24.3 Å². The highest BCUT2D eigenvalue weighted by Gasteiger charge is 2.01. The number of terminal acetylenes is 2. The molecular formula is C10H7NO2. The Morgan fingerprint density at radius 2 is 1.69 bits per heavy atom. The van der Waals surface area contributed by atoms with Gasteiger partial charge in [0.05, 0.1) is 4.92 Å². The second kappa shape index (κ2) is 5.40. The molecule has 0 aromatic heterocycles. The second-order valence-corrected chi connectivity index (χ2v) is 1.95. The van der Waals surface area contributed by atoms with Crippen LogP contribution in [-0.4, -0.2) is 4.92 Å². The molecular weight excluding hydrogens is 166 g/mol. The van der Waals surface area contributed by atoms with Crippen LogP contribution in [-0.2, 0) is 0 Å². The SMILES string of the molecule is C#C.C#Cc1ccc([N+](=O)[O-])cc1. The number of hydrogen-bond acceptors (Lipinski definition) is 2. The summed E-state index contributed by atoms with van der Waals surface area (Å²) in [5, 5.41) is 10.2. The molecule has 3 heteroatoms. The molecule has 0 aliphatic rings. The van der Waals surface area contributed by atoms with Crippen LogP contribution in [0.3, 0.4) is 0 Å². The third kappa shape index (κ3) is 3.09. The van der Waals surface area contributed by atoms with Gasteiger partial charge in [0.2, 0.25) is 0 Å². The van der Waals surface area contributed by atoms with E-state index in [1.54, 1.807) is 0 Å². The average molecular weight is 173 g/mol. The molecule has 0 saturated heterocycles. The van der Waals surface area contributed by atoms with E-state index in [9.17, 15) is 10.1 Å². The van der Waals surface area contributed by atoms with Gasteiger partial charge in [0.25, 0.3) is 5.69 Å². The standard InChI is InChI=1S/C8H5NO2.C2H2/c1-2-7-3-5-8(6-4-7)9(10)11;1-2/h1,3-6H;1-2H. The first-order valence-electron chi connectivity index (χ1n) is 3.28. The molecule has 0 fully saturated rings. The summed E-state index contributed by atoms with van der Waals surface area (Å²) < 4.78 is 0. The van der Waals surface area contributed by atoms with Crippen LogP contribution in [0.2, 0.25) is 0 Å². The normalized spacial score (nSPS) is 7.46. The number of benzene rings is 1. The third-order valence-electron chi connectivity index (χ3n) is 1.24. The van der Waals surface area contributed by atoms with Crippen molar-refractivity contribution >= 4 is 5.69 Å². The van der Waals surface area contributed by atoms with E-state index in [4.69, 9.17) is 6.42 Å². The Labute approximate surface area is 76.5 Å². The van der Waals surface area contributed by atoms with Crippen molar-refractivity contribution in [2.75, 3.05) is 0 Å². The zero-order chi connectivity index (χ0) is 10.3. The minimum absolute atomic E-state index is 0.0593. The van der Waals surface area contributed by atoms with E-state index in [0.717, 1.165) is 0 Å². The maximum atomic E-state index is 10.2. The molecule has 0 aliphatic heterocycles. The first-order valence-corrected chi connectivity index (χ1v) is 3.28. The molecule has 1 aromatic rings. The number of nitro groups is 1. The zero-order valence-electron chi connectivity index (χ0n) is 6.81. The van der Waals surface area contributed by atoms with Crippen molar-refractivity contribution in [2.24, 2.45) is 0 Å². The molecule has 0 N–H and O–H groups in total. The summed E-state index contributed by atoms with van der Waals surface area (Å²) in [4.78, 5) is 9.70. The van der Waals surface area contributed by atoms with Gasteiger partial charge in [-0.05, 0) is 12.1 Å². The van der Waals surface area contributed by atoms with Gasteiger partial charge in [-0.1, -0.05) is 5.92 Å². The monoisotopic (exact) mass is 173 g/mol. The van der Waals surface area contributed by atoms with Crippen LogP contribution in [0.25, 0.3) is 0 Å². The van der Waals surface area contributed by atoms with E-state index in [-0.39, 0.29) is 5.69 Å². The maximum Gasteiger partial charge on any atom is 0.269 e. The van der Waals surface area contributed by atoms with Crippen LogP contribution in [0.5, 0.6) is 0 Å². The van der Waals surface area contributed by atoms with Gasteiger partial charge in [-0.25, -0.2) is 0 Å². The molecule has 0 radical (unpaired) electrons. The topological polar surface area (TPSA) is 43.1 Å². The Morgan fingerprint density at radius 1 is 1.23 bits per heavy atom. The van der Waals surface area contributed by atoms with Gasteiger partial charge in [-0.2, -0.15) is 0 Å². The lowest BCUT2D eigenvalue weighted by molar-refractivity contribution is -0.384. The van der Waals surface area contributed by atoms with E-state index >= 15 is 0 Å². The van der Waals surface area contributed by atoms with E-state index in [1.165, 1.54) is 24.3 Å². The van der Waals surface area contributed by atoms with Gasteiger partial charge in [-0.3, -0.25) is 10.1 Å². The molecule has 0 saturated carbocycles. The molecule has 0 amide bonds. The minimum atomic E-state index is -0.458. The van der Waals surface area contributed by atoms with Gasteiger partial charge >= 0.3 is 0 Å². The average Bonchev–Trinajstić information content (AvgIpc) is 2.21. The summed E-state index contributed by atoms with van der Waals surface area (Å²) in [5.74, 6) is 2.37. The van der Waals surface area contributed by atoms with Crippen molar-refractivity contribution in [2.45, 2.75) is 0 Å². The van der Waals surface area contributed by atoms with E-state index < -0.39 is 4.92 Å². The molecule has 0 spiro atoms. The van der Waals surface area contributed by atoms with Crippen molar-refractivity contribution in [3.8, 4) is 25.2 Å². The van der Waals surface area contributed by atoms with E-state index in [1.807, 2.05) is 0 Å². The van der Waals surface area contributed by atoms with E-state index in [2.05, 4.69) is 18.8 Å². The third-order valence-corrected chi connectivity index (χ3v) is 1.24. The molecule has 3 nitrogen and oxygen atoms in total. The summed E-state index contributed by atoms with van der Waals surface area (Å²) in [7, 11) is 0. The van der Waals surface area contributed by atoms with Gasteiger partial charge in [-0.15, -0.1) is 19.3 Å². The fourth-order valence-corrected chi connectivity index (χ4v) is 0.679. The fraction of sp³-hybridized carbons (Fsp3) is 0. The van der Waals surface area contributed by atoms with Gasteiger partial charge < -0.3 is 0 Å². The van der Waals surface area contributed by atoms with Crippen molar-refractivity contribution < 1.29 is 4.92 Å². The highest BCUT2D eigenvalue weighted by Crippen LogP contribution is 2.10. The molecule has 0 heterocycles. The highest BCUT2D eigenvalue weighted by atomic mass is 16.6. The van der Waals surface area contributed by atoms with Gasteiger partial charge in [0.15, 0.2) is 0 Å². The molecule has 64 valence electrons. The Bertz CT molecular complexity index is 343. The van der Waals surface area contributed by atoms with Crippen LogP contribution in [0.4, 0.5) is 5.69 Å². The second-order valence-electron chi connectivity index (χ2n) is 1.95. The van der Waals surface area contributed by atoms with Crippen LogP contribution in [0.1, 0.15) is 5.56 Å². The molecule has 0 atom stereocenters. The highest BCUT2D eigenvalue weighted by molar-refractivity contribution is 5.39. The fourth-order valence-electron chi connectivity index (χ4n) is 0.679. The molecule has 1 aromatic carbocycles. The number of nitro benzene ring substituents is 1. The minimum Gasteiger partial charge on any atom is -0.258 e. The summed E-state index contributed by atoms with van der Waals surface area (Å²) >= 11 is 0. The van der Waals surface area contributed by atoms with Gasteiger partial charge in [0, 0.05) is 17.7 Å². The van der Waals surface area contributed by atoms with Crippen LogP contribution in [0, 0.1) is 35.3 Å². The molecule has 0 aliphatic carbocycles. The number of hydrogen-bond donors (Lipinski definition) is 0. The van der Waals surface area contributed by atoms with Gasteiger partial charge in [0.1, 0.15) is 0 Å². The summed E-state index contributed by atoms with van der Waals surface area (Å²) in [6.45, 7) is 0. The predicted molar refractivity (Wildman–Crippen MR) is 50.9 cm³/mol. The summed E-state index contributed by atoms with van der Waals surface area (Å²) in [5.41, 5.74) is 0.708. The van der Waals surface area contributed by atoms with Crippen molar-refractivity contribution in [1.82, 2.24) is 0 Å². The molecule has 0 bridgehead atoms. The smallest absolute Gasteiger partial charge is 0.258 e. The molecule has 1 rings (SSSR count). The van der Waals surface area contributed by atoms with Crippen LogP contribution < -0.4 is 0 Å². The Morgan fingerprint density at radius 3 is 2.00 bits per heavy atom. The lowest BCUT2D eigenvalue weighted by atomic mass is 10.2. The molecule has 13 heavy (non-hydrogen) atoms. The number of non-ortho nitro benzene ring substituents is 1. The Hall–Kier alpha value is -2.26. The zero-order valence-corrected chi connectivity index (χ0v) is 6.81. The van der Waals surface area contributed by atoms with E-state index in [0.29, 0.717) is 5.56 Å².